The van der Waals surface area contributed by atoms with E-state index in [0.29, 0.717) is 12.1 Å². The number of hydrogen-bond acceptors (Lipinski definition) is 3. The summed E-state index contributed by atoms with van der Waals surface area (Å²) in [7, 11) is -3.99. The lowest BCUT2D eigenvalue weighted by Crippen LogP contribution is -2.23. The number of rotatable bonds is 5. The maximum Gasteiger partial charge on any atom is 0.264 e. The summed E-state index contributed by atoms with van der Waals surface area (Å²) in [6, 6.07) is 5.19. The van der Waals surface area contributed by atoms with Crippen LogP contribution in [0, 0.1) is 0 Å². The minimum absolute atomic E-state index is 0.146. The van der Waals surface area contributed by atoms with E-state index in [0.717, 1.165) is 6.42 Å². The second-order valence-corrected chi connectivity index (χ2v) is 5.01. The average molecular weight is 268 g/mol. The molecule has 1 amide bonds. The highest BCUT2D eigenvalue weighted by Gasteiger charge is 2.12. The van der Waals surface area contributed by atoms with Crippen molar-refractivity contribution < 1.29 is 13.2 Å². The molecule has 18 heavy (non-hydrogen) atoms. The lowest BCUT2D eigenvalue weighted by Gasteiger charge is -2.04. The molecule has 0 aliphatic heterocycles. The number of carbonyl (C=O) groups is 1. The van der Waals surface area contributed by atoms with Gasteiger partial charge in [0, 0.05) is 21.5 Å². The van der Waals surface area contributed by atoms with Gasteiger partial charge in [-0.05, 0) is 36.2 Å². The van der Waals surface area contributed by atoms with Crippen LogP contribution in [0.4, 0.5) is 0 Å². The van der Waals surface area contributed by atoms with Crippen LogP contribution in [0.5, 0.6) is 0 Å². The predicted octanol–water partition coefficient (Wildman–Crippen LogP) is 1.83. The van der Waals surface area contributed by atoms with E-state index in [2.05, 4.69) is 14.7 Å². The molecule has 0 heterocycles. The molecule has 0 spiro atoms. The first kappa shape index (κ1) is 14.0. The summed E-state index contributed by atoms with van der Waals surface area (Å²) in [6.45, 7) is 2.48. The Morgan fingerprint density at radius 2 is 2.00 bits per heavy atom. The number of benzene rings is 1. The van der Waals surface area contributed by atoms with Crippen LogP contribution >= 0.6 is 0 Å². The molecule has 0 fully saturated rings. The van der Waals surface area contributed by atoms with Crippen molar-refractivity contribution in [3.05, 3.63) is 40.3 Å². The van der Waals surface area contributed by atoms with Crippen LogP contribution in [-0.2, 0) is 10.0 Å². The molecule has 0 aliphatic rings. The van der Waals surface area contributed by atoms with Crippen molar-refractivity contribution in [1.82, 2.24) is 5.32 Å². The second-order valence-electron chi connectivity index (χ2n) is 3.43. The largest absolute Gasteiger partial charge is 0.352 e. The van der Waals surface area contributed by atoms with Gasteiger partial charge >= 0.3 is 0 Å². The summed E-state index contributed by atoms with van der Waals surface area (Å²) in [5.74, 6) is -0.274. The molecule has 0 saturated heterocycles. The van der Waals surface area contributed by atoms with Gasteiger partial charge in [-0.1, -0.05) is 6.92 Å². The van der Waals surface area contributed by atoms with Crippen LogP contribution in [0.1, 0.15) is 23.7 Å². The van der Waals surface area contributed by atoms with Gasteiger partial charge in [-0.2, -0.15) is 0 Å². The van der Waals surface area contributed by atoms with Crippen LogP contribution in [-0.4, -0.2) is 20.9 Å². The smallest absolute Gasteiger partial charge is 0.264 e. The predicted molar refractivity (Wildman–Crippen MR) is 65.4 cm³/mol. The number of carbonyl (C=O) groups excluding carboxylic acids is 1. The van der Waals surface area contributed by atoms with Gasteiger partial charge in [-0.3, -0.25) is 4.79 Å². The van der Waals surface area contributed by atoms with Gasteiger partial charge in [-0.25, -0.2) is 8.42 Å². The van der Waals surface area contributed by atoms with E-state index in [4.69, 9.17) is 5.53 Å². The highest BCUT2D eigenvalue weighted by Crippen LogP contribution is 2.13. The Balaban J connectivity index is 2.93. The first-order chi connectivity index (χ1) is 8.51. The van der Waals surface area contributed by atoms with E-state index in [1.54, 1.807) is 0 Å². The van der Waals surface area contributed by atoms with Gasteiger partial charge in [0.05, 0.1) is 4.90 Å². The Bertz CT molecular complexity index is 574. The lowest BCUT2D eigenvalue weighted by atomic mass is 10.2. The number of nitrogens with zero attached hydrogens (tertiary/aromatic N) is 3. The van der Waals surface area contributed by atoms with Crippen molar-refractivity contribution in [3.8, 4) is 0 Å². The molecule has 0 aliphatic carbocycles. The Kier molecular flexibility index (Phi) is 4.70. The van der Waals surface area contributed by atoms with E-state index < -0.39 is 10.0 Å². The highest BCUT2D eigenvalue weighted by atomic mass is 32.2. The standard InChI is InChI=1S/C10H12N4O3S/c1-2-7-12-10(15)8-3-5-9(6-4-8)18(16,17)14-13-11/h3-6H,2,7H2,1H3,(H,12,15). The van der Waals surface area contributed by atoms with E-state index in [1.807, 2.05) is 6.92 Å². The Morgan fingerprint density at radius 1 is 1.39 bits per heavy atom. The fourth-order valence-corrected chi connectivity index (χ4v) is 1.88. The zero-order chi connectivity index (χ0) is 13.6. The molecule has 1 aromatic rings. The summed E-state index contributed by atoms with van der Waals surface area (Å²) in [4.78, 5) is 13.6. The number of amides is 1. The quantitative estimate of drug-likeness (QED) is 0.499. The van der Waals surface area contributed by atoms with Crippen molar-refractivity contribution in [1.29, 1.82) is 0 Å². The van der Waals surface area contributed by atoms with Crippen LogP contribution < -0.4 is 5.32 Å². The molecule has 8 heteroatoms. The Morgan fingerprint density at radius 3 is 2.50 bits per heavy atom. The Labute approximate surface area is 104 Å². The molecule has 1 rings (SSSR count). The molecule has 0 atom stereocenters. The van der Waals surface area contributed by atoms with Crippen LogP contribution in [0.3, 0.4) is 0 Å². The SMILES string of the molecule is CCCNC(=O)c1ccc(S(=O)(=O)N=[N+]=[N-])cc1. The van der Waals surface area contributed by atoms with Gasteiger partial charge in [0.2, 0.25) is 0 Å². The summed E-state index contributed by atoms with van der Waals surface area (Å²) >= 11 is 0. The monoisotopic (exact) mass is 268 g/mol. The minimum atomic E-state index is -3.99. The van der Waals surface area contributed by atoms with Crippen LogP contribution in [0.15, 0.2) is 33.7 Å². The number of nitrogens with one attached hydrogen (secondary N) is 1. The second kappa shape index (κ2) is 6.04. The van der Waals surface area contributed by atoms with Gasteiger partial charge in [0.1, 0.15) is 0 Å². The fraction of sp³-hybridized carbons (Fsp3) is 0.300. The maximum absolute atomic E-state index is 11.5. The zero-order valence-electron chi connectivity index (χ0n) is 9.70. The lowest BCUT2D eigenvalue weighted by molar-refractivity contribution is 0.0953. The van der Waals surface area contributed by atoms with Crippen molar-refractivity contribution in [2.75, 3.05) is 6.54 Å². The summed E-state index contributed by atoms with van der Waals surface area (Å²) in [6.07, 6.45) is 0.815. The molecular formula is C10H12N4O3S. The van der Waals surface area contributed by atoms with Crippen LogP contribution in [0.2, 0.25) is 0 Å². The fourth-order valence-electron chi connectivity index (χ4n) is 1.21. The molecule has 0 bridgehead atoms. The van der Waals surface area contributed by atoms with E-state index in [9.17, 15) is 13.2 Å². The molecular weight excluding hydrogens is 256 g/mol. The minimum Gasteiger partial charge on any atom is -0.352 e. The third-order valence-electron chi connectivity index (χ3n) is 2.09. The van der Waals surface area contributed by atoms with Crippen molar-refractivity contribution >= 4 is 15.9 Å². The Hall–Kier alpha value is -2.05. The molecule has 1 aromatic carbocycles. The van der Waals surface area contributed by atoms with Gasteiger partial charge < -0.3 is 5.32 Å². The van der Waals surface area contributed by atoms with Gasteiger partial charge in [-0.15, -0.1) is 0 Å². The first-order valence-electron chi connectivity index (χ1n) is 5.21. The van der Waals surface area contributed by atoms with E-state index >= 15 is 0 Å². The average Bonchev–Trinajstić information content (AvgIpc) is 2.36. The van der Waals surface area contributed by atoms with Gasteiger partial charge in [0.15, 0.2) is 0 Å². The molecule has 7 nitrogen and oxygen atoms in total. The summed E-state index contributed by atoms with van der Waals surface area (Å²) < 4.78 is 25.4. The third kappa shape index (κ3) is 3.47. The van der Waals surface area contributed by atoms with Gasteiger partial charge in [0.25, 0.3) is 15.9 Å². The van der Waals surface area contributed by atoms with Crippen molar-refractivity contribution in [2.24, 2.45) is 4.52 Å². The van der Waals surface area contributed by atoms with E-state index in [1.165, 1.54) is 24.3 Å². The highest BCUT2D eigenvalue weighted by molar-refractivity contribution is 7.90. The van der Waals surface area contributed by atoms with E-state index in [-0.39, 0.29) is 10.8 Å². The summed E-state index contributed by atoms with van der Waals surface area (Å²) in [5, 5.41) is 2.66. The first-order valence-corrected chi connectivity index (χ1v) is 6.65. The normalized spacial score (nSPS) is 10.5. The maximum atomic E-state index is 11.5. The molecule has 0 saturated carbocycles. The zero-order valence-corrected chi connectivity index (χ0v) is 10.5. The molecule has 1 N–H and O–H groups in total. The summed E-state index contributed by atoms with van der Waals surface area (Å²) in [5.41, 5.74) is 8.47. The number of hydrogen-bond donors (Lipinski definition) is 1. The third-order valence-corrected chi connectivity index (χ3v) is 3.25. The molecule has 0 aromatic heterocycles. The topological polar surface area (TPSA) is 112 Å². The molecule has 0 unspecified atom stereocenters. The number of sulfonamides is 1. The van der Waals surface area contributed by atoms with Crippen molar-refractivity contribution in [2.45, 2.75) is 18.2 Å². The molecule has 0 radical (unpaired) electrons. The van der Waals surface area contributed by atoms with Crippen molar-refractivity contribution in [3.63, 3.8) is 0 Å². The number of azide groups is 1. The molecule has 96 valence electrons. The van der Waals surface area contributed by atoms with Crippen LogP contribution in [0.25, 0.3) is 10.4 Å².